The van der Waals surface area contributed by atoms with Gasteiger partial charge in [0.05, 0.1) is 9.92 Å². The zero-order valence-electron chi connectivity index (χ0n) is 15.8. The number of fused-ring (bicyclic) bond motifs is 1. The Morgan fingerprint density at radius 2 is 1.83 bits per heavy atom. The van der Waals surface area contributed by atoms with Gasteiger partial charge in [-0.2, -0.15) is 0 Å². The van der Waals surface area contributed by atoms with Crippen molar-refractivity contribution in [2.75, 3.05) is 5.32 Å². The molecule has 0 saturated heterocycles. The van der Waals surface area contributed by atoms with Gasteiger partial charge in [-0.3, -0.25) is 9.59 Å². The fraction of sp³-hybridized carbons (Fsp3) is 0.143. The molecule has 0 atom stereocenters. The summed E-state index contributed by atoms with van der Waals surface area (Å²) in [6, 6.07) is 9.81. The van der Waals surface area contributed by atoms with Gasteiger partial charge < -0.3 is 5.32 Å². The summed E-state index contributed by atoms with van der Waals surface area (Å²) in [7, 11) is -4.12. The minimum Gasteiger partial charge on any atom is -0.321 e. The second-order valence-electron chi connectivity index (χ2n) is 6.99. The van der Waals surface area contributed by atoms with Crippen molar-refractivity contribution in [1.82, 2.24) is 3.97 Å². The highest BCUT2D eigenvalue weighted by Gasteiger charge is 2.34. The maximum atomic E-state index is 13.4. The fourth-order valence-corrected chi connectivity index (χ4v) is 4.97. The molecule has 154 valence electrons. The van der Waals surface area contributed by atoms with Crippen LogP contribution in [-0.2, 0) is 16.4 Å². The Morgan fingerprint density at radius 3 is 2.50 bits per heavy atom. The van der Waals surface area contributed by atoms with Gasteiger partial charge >= 0.3 is 0 Å². The Bertz CT molecular complexity index is 1300. The number of nitrogens with zero attached hydrogens (tertiary/aromatic N) is 1. The number of Topliss-reactive ketones (excluding diaryl/α,β-unsaturated/α-hetero) is 1. The first-order valence-electron chi connectivity index (χ1n) is 9.04. The topological polar surface area (TPSA) is 85.2 Å². The van der Waals surface area contributed by atoms with Crippen LogP contribution in [0.4, 0.5) is 10.1 Å². The van der Waals surface area contributed by atoms with Gasteiger partial charge in [-0.25, -0.2) is 16.8 Å². The number of benzene rings is 2. The van der Waals surface area contributed by atoms with E-state index >= 15 is 0 Å². The van der Waals surface area contributed by atoms with Crippen molar-refractivity contribution in [1.29, 1.82) is 0 Å². The Labute approximate surface area is 177 Å². The highest BCUT2D eigenvalue weighted by Crippen LogP contribution is 2.31. The van der Waals surface area contributed by atoms with Crippen molar-refractivity contribution in [3.63, 3.8) is 0 Å². The van der Waals surface area contributed by atoms with E-state index in [1.165, 1.54) is 30.5 Å². The van der Waals surface area contributed by atoms with Gasteiger partial charge in [0.1, 0.15) is 11.5 Å². The number of rotatable bonds is 4. The molecule has 1 aliphatic rings. The van der Waals surface area contributed by atoms with Crippen LogP contribution >= 0.6 is 11.6 Å². The summed E-state index contributed by atoms with van der Waals surface area (Å²) in [5, 5.41) is 2.36. The van der Waals surface area contributed by atoms with Gasteiger partial charge in [0, 0.05) is 23.9 Å². The normalized spacial score (nSPS) is 13.4. The maximum absolute atomic E-state index is 13.4. The predicted molar refractivity (Wildman–Crippen MR) is 110 cm³/mol. The van der Waals surface area contributed by atoms with Crippen LogP contribution in [0.2, 0.25) is 5.02 Å². The lowest BCUT2D eigenvalue weighted by Gasteiger charge is -2.13. The van der Waals surface area contributed by atoms with Gasteiger partial charge in [-0.05, 0) is 49.2 Å². The summed E-state index contributed by atoms with van der Waals surface area (Å²) in [5.74, 6) is -1.60. The maximum Gasteiger partial charge on any atom is 0.273 e. The van der Waals surface area contributed by atoms with E-state index in [1.54, 1.807) is 12.1 Å². The third-order valence-electron chi connectivity index (χ3n) is 4.95. The minimum absolute atomic E-state index is 0.00639. The first kappa shape index (κ1) is 20.3. The minimum atomic E-state index is -4.12. The number of aryl methyl sites for hydroxylation is 1. The van der Waals surface area contributed by atoms with Crippen LogP contribution in [-0.4, -0.2) is 24.1 Å². The van der Waals surface area contributed by atoms with Crippen LogP contribution in [0.15, 0.2) is 53.6 Å². The largest absolute Gasteiger partial charge is 0.321 e. The number of hydrogen-bond donors (Lipinski definition) is 1. The first-order chi connectivity index (χ1) is 14.2. The molecule has 1 aliphatic carbocycles. The van der Waals surface area contributed by atoms with Crippen LogP contribution in [0.3, 0.4) is 0 Å². The van der Waals surface area contributed by atoms with Crippen molar-refractivity contribution in [2.45, 2.75) is 24.7 Å². The van der Waals surface area contributed by atoms with Crippen LogP contribution in [0.25, 0.3) is 0 Å². The summed E-state index contributed by atoms with van der Waals surface area (Å²) in [6.07, 6.45) is 1.67. The molecule has 0 saturated carbocycles. The SMILES string of the molecule is Cc1ccc(S(=O)(=O)n2cc3c(c2C(=O)Nc2ccc(F)c(Cl)c2)CCC3=O)cc1. The molecule has 0 bridgehead atoms. The van der Waals surface area contributed by atoms with Crippen LogP contribution < -0.4 is 5.32 Å². The Morgan fingerprint density at radius 1 is 1.13 bits per heavy atom. The van der Waals surface area contributed by atoms with Crippen molar-refractivity contribution in [3.8, 4) is 0 Å². The number of anilines is 1. The number of hydrogen-bond acceptors (Lipinski definition) is 4. The number of carbonyl (C=O) groups is 2. The van der Waals surface area contributed by atoms with Gasteiger partial charge in [-0.1, -0.05) is 29.3 Å². The molecule has 0 aliphatic heterocycles. The molecule has 0 radical (unpaired) electrons. The molecule has 1 amide bonds. The number of ketones is 1. The molecule has 1 N–H and O–H groups in total. The van der Waals surface area contributed by atoms with Crippen molar-refractivity contribution in [3.05, 3.63) is 81.9 Å². The van der Waals surface area contributed by atoms with Gasteiger partial charge in [0.25, 0.3) is 15.9 Å². The van der Waals surface area contributed by atoms with E-state index in [1.807, 2.05) is 6.92 Å². The molecule has 4 rings (SSSR count). The molecule has 0 fully saturated rings. The molecule has 0 unspecified atom stereocenters. The average Bonchev–Trinajstić information content (AvgIpc) is 3.25. The summed E-state index contributed by atoms with van der Waals surface area (Å²) in [4.78, 5) is 25.2. The van der Waals surface area contributed by atoms with Crippen LogP contribution in [0.1, 0.15) is 38.4 Å². The Balaban J connectivity index is 1.82. The van der Waals surface area contributed by atoms with E-state index in [9.17, 15) is 22.4 Å². The molecule has 9 heteroatoms. The van der Waals surface area contributed by atoms with Crippen molar-refractivity contribution < 1.29 is 22.4 Å². The molecule has 3 aromatic rings. The standard InChI is InChI=1S/C21H16ClFN2O4S/c1-12-2-5-14(6-3-12)30(28,29)25-11-16-15(7-9-19(16)26)20(25)21(27)24-13-4-8-18(23)17(22)10-13/h2-6,8,10-11H,7,9H2,1H3,(H,24,27). The van der Waals surface area contributed by atoms with Crippen molar-refractivity contribution in [2.24, 2.45) is 0 Å². The smallest absolute Gasteiger partial charge is 0.273 e. The Kier molecular flexibility index (Phi) is 4.99. The summed E-state index contributed by atoms with van der Waals surface area (Å²) >= 11 is 5.76. The summed E-state index contributed by atoms with van der Waals surface area (Å²) in [5.41, 5.74) is 1.53. The Hall–Kier alpha value is -2.97. The monoisotopic (exact) mass is 446 g/mol. The van der Waals surface area contributed by atoms with Gasteiger partial charge in [0.15, 0.2) is 5.78 Å². The number of amides is 1. The molecular weight excluding hydrogens is 431 g/mol. The van der Waals surface area contributed by atoms with E-state index in [4.69, 9.17) is 11.6 Å². The highest BCUT2D eigenvalue weighted by atomic mass is 35.5. The first-order valence-corrected chi connectivity index (χ1v) is 10.9. The molecule has 1 aromatic heterocycles. The van der Waals surface area contributed by atoms with Crippen molar-refractivity contribution >= 4 is 39.0 Å². The molecule has 30 heavy (non-hydrogen) atoms. The lowest BCUT2D eigenvalue weighted by Crippen LogP contribution is -2.23. The van der Waals surface area contributed by atoms with Gasteiger partial charge in [0.2, 0.25) is 0 Å². The second-order valence-corrected chi connectivity index (χ2v) is 9.21. The molecule has 2 aromatic carbocycles. The summed E-state index contributed by atoms with van der Waals surface area (Å²) < 4.78 is 40.7. The van der Waals surface area contributed by atoms with E-state index in [0.717, 1.165) is 15.6 Å². The lowest BCUT2D eigenvalue weighted by molar-refractivity contribution is 0.0990. The summed E-state index contributed by atoms with van der Waals surface area (Å²) in [6.45, 7) is 1.83. The average molecular weight is 447 g/mol. The molecule has 6 nitrogen and oxygen atoms in total. The number of halogens is 2. The van der Waals surface area contributed by atoms with E-state index in [-0.39, 0.29) is 45.5 Å². The highest BCUT2D eigenvalue weighted by molar-refractivity contribution is 7.90. The number of aromatic nitrogens is 1. The molecular formula is C21H16ClFN2O4S. The molecule has 0 spiro atoms. The number of carbonyl (C=O) groups excluding carboxylic acids is 2. The predicted octanol–water partition coefficient (Wildman–Crippen LogP) is 4.21. The third kappa shape index (κ3) is 3.42. The van der Waals surface area contributed by atoms with Gasteiger partial charge in [-0.15, -0.1) is 0 Å². The van der Waals surface area contributed by atoms with E-state index in [0.29, 0.717) is 5.56 Å². The number of nitrogens with one attached hydrogen (secondary N) is 1. The second kappa shape index (κ2) is 7.37. The van der Waals surface area contributed by atoms with E-state index in [2.05, 4.69) is 5.32 Å². The zero-order valence-corrected chi connectivity index (χ0v) is 17.3. The quantitative estimate of drug-likeness (QED) is 0.650. The third-order valence-corrected chi connectivity index (χ3v) is 6.91. The zero-order chi connectivity index (χ0) is 21.6. The molecule has 1 heterocycles. The van der Waals surface area contributed by atoms with Crippen LogP contribution in [0.5, 0.6) is 0 Å². The lowest BCUT2D eigenvalue weighted by atomic mass is 10.1. The van der Waals surface area contributed by atoms with Crippen LogP contribution in [0, 0.1) is 12.7 Å². The van der Waals surface area contributed by atoms with E-state index < -0.39 is 21.7 Å². The fourth-order valence-electron chi connectivity index (χ4n) is 3.40.